The van der Waals surface area contributed by atoms with Gasteiger partial charge >= 0.3 is 0 Å². The molecule has 1 aliphatic carbocycles. The molecule has 0 bridgehead atoms. The van der Waals surface area contributed by atoms with Gasteiger partial charge < -0.3 is 0 Å². The quantitative estimate of drug-likeness (QED) is 0.687. The lowest BCUT2D eigenvalue weighted by atomic mass is 9.93. The molecule has 74 valence electrons. The van der Waals surface area contributed by atoms with Crippen molar-refractivity contribution in [3.8, 4) is 0 Å². The zero-order valence-electron chi connectivity index (χ0n) is 7.58. The van der Waals surface area contributed by atoms with Crippen LogP contribution in [0.3, 0.4) is 0 Å². The fraction of sp³-hybridized carbons (Fsp3) is 0.400. The highest BCUT2D eigenvalue weighted by molar-refractivity contribution is 6.31. The standard InChI is InChI=1S/C10H10Cl2N2/c11-8-6-13-10(12)9(14-8)7-4-2-1-3-5-7/h2,4,6-7H,1,3,5H2. The minimum atomic E-state index is 0.280. The van der Waals surface area contributed by atoms with E-state index in [1.165, 1.54) is 12.6 Å². The molecule has 1 unspecified atom stereocenters. The van der Waals surface area contributed by atoms with E-state index in [2.05, 4.69) is 22.1 Å². The van der Waals surface area contributed by atoms with Crippen LogP contribution in [-0.2, 0) is 0 Å². The molecule has 0 amide bonds. The van der Waals surface area contributed by atoms with Crippen molar-refractivity contribution in [3.05, 3.63) is 34.3 Å². The van der Waals surface area contributed by atoms with Crippen LogP contribution in [-0.4, -0.2) is 9.97 Å². The van der Waals surface area contributed by atoms with Gasteiger partial charge in [-0.3, -0.25) is 0 Å². The second kappa shape index (κ2) is 4.28. The molecule has 0 aliphatic heterocycles. The van der Waals surface area contributed by atoms with E-state index in [0.717, 1.165) is 18.5 Å². The molecule has 0 aromatic carbocycles. The SMILES string of the molecule is Clc1cnc(Cl)c(C2C=CCCC2)n1. The lowest BCUT2D eigenvalue weighted by Gasteiger charge is -2.16. The summed E-state index contributed by atoms with van der Waals surface area (Å²) < 4.78 is 0. The molecule has 0 saturated heterocycles. The number of hydrogen-bond acceptors (Lipinski definition) is 2. The second-order valence-corrected chi connectivity index (χ2v) is 4.08. The van der Waals surface area contributed by atoms with Gasteiger partial charge in [0.2, 0.25) is 0 Å². The summed E-state index contributed by atoms with van der Waals surface area (Å²) in [5.41, 5.74) is 0.801. The van der Waals surface area contributed by atoms with E-state index in [-0.39, 0.29) is 5.92 Å². The molecular weight excluding hydrogens is 219 g/mol. The molecular formula is C10H10Cl2N2. The van der Waals surface area contributed by atoms with E-state index >= 15 is 0 Å². The molecule has 1 heterocycles. The highest BCUT2D eigenvalue weighted by Gasteiger charge is 2.16. The molecule has 4 heteroatoms. The van der Waals surface area contributed by atoms with E-state index in [1.807, 2.05) is 0 Å². The van der Waals surface area contributed by atoms with Gasteiger partial charge in [0.05, 0.1) is 11.9 Å². The highest BCUT2D eigenvalue weighted by atomic mass is 35.5. The predicted octanol–water partition coefficient (Wildman–Crippen LogP) is 3.61. The summed E-state index contributed by atoms with van der Waals surface area (Å²) in [6.45, 7) is 0. The Morgan fingerprint density at radius 1 is 1.36 bits per heavy atom. The van der Waals surface area contributed by atoms with E-state index < -0.39 is 0 Å². The van der Waals surface area contributed by atoms with Crippen LogP contribution in [0.1, 0.15) is 30.9 Å². The molecule has 14 heavy (non-hydrogen) atoms. The monoisotopic (exact) mass is 228 g/mol. The molecule has 1 aliphatic rings. The topological polar surface area (TPSA) is 25.8 Å². The molecule has 1 atom stereocenters. The molecule has 0 spiro atoms. The summed E-state index contributed by atoms with van der Waals surface area (Å²) in [5, 5.41) is 0.870. The van der Waals surface area contributed by atoms with Gasteiger partial charge in [-0.15, -0.1) is 0 Å². The van der Waals surface area contributed by atoms with Gasteiger partial charge in [-0.05, 0) is 19.3 Å². The first-order valence-corrected chi connectivity index (χ1v) is 5.37. The van der Waals surface area contributed by atoms with E-state index in [1.54, 1.807) is 0 Å². The van der Waals surface area contributed by atoms with Crippen molar-refractivity contribution in [2.45, 2.75) is 25.2 Å². The third-order valence-electron chi connectivity index (χ3n) is 2.33. The Morgan fingerprint density at radius 2 is 2.21 bits per heavy atom. The minimum absolute atomic E-state index is 0.280. The molecule has 2 nitrogen and oxygen atoms in total. The van der Waals surface area contributed by atoms with Gasteiger partial charge in [0, 0.05) is 5.92 Å². The van der Waals surface area contributed by atoms with Gasteiger partial charge in [-0.1, -0.05) is 35.4 Å². The maximum Gasteiger partial charge on any atom is 0.151 e. The average molecular weight is 229 g/mol. The van der Waals surface area contributed by atoms with Gasteiger partial charge in [0.15, 0.2) is 5.15 Å². The summed E-state index contributed by atoms with van der Waals surface area (Å²) in [7, 11) is 0. The Morgan fingerprint density at radius 3 is 2.93 bits per heavy atom. The van der Waals surface area contributed by atoms with Gasteiger partial charge in [-0.2, -0.15) is 0 Å². The molecule has 0 radical (unpaired) electrons. The van der Waals surface area contributed by atoms with Crippen LogP contribution < -0.4 is 0 Å². The van der Waals surface area contributed by atoms with Crippen molar-refractivity contribution in [1.82, 2.24) is 9.97 Å². The Labute approximate surface area is 93.0 Å². The first-order chi connectivity index (χ1) is 6.77. The molecule has 0 saturated carbocycles. The Hall–Kier alpha value is -0.600. The number of halogens is 2. The van der Waals surface area contributed by atoms with Crippen molar-refractivity contribution in [2.75, 3.05) is 0 Å². The molecule has 1 aromatic rings. The molecule has 2 rings (SSSR count). The number of allylic oxidation sites excluding steroid dienone is 2. The molecule has 0 fully saturated rings. The van der Waals surface area contributed by atoms with Gasteiger partial charge in [-0.25, -0.2) is 9.97 Å². The first kappa shape index (κ1) is 9.94. The largest absolute Gasteiger partial charge is 0.239 e. The summed E-state index contributed by atoms with van der Waals surface area (Å²) in [6.07, 6.45) is 9.15. The molecule has 1 aromatic heterocycles. The Bertz CT molecular complexity index is 363. The van der Waals surface area contributed by atoms with E-state index in [4.69, 9.17) is 23.2 Å². The van der Waals surface area contributed by atoms with Gasteiger partial charge in [0.25, 0.3) is 0 Å². The predicted molar refractivity (Wildman–Crippen MR) is 57.8 cm³/mol. The van der Waals surface area contributed by atoms with Crippen molar-refractivity contribution in [1.29, 1.82) is 0 Å². The van der Waals surface area contributed by atoms with Crippen molar-refractivity contribution in [2.24, 2.45) is 0 Å². The smallest absolute Gasteiger partial charge is 0.151 e. The number of rotatable bonds is 1. The number of nitrogens with zero attached hydrogens (tertiary/aromatic N) is 2. The van der Waals surface area contributed by atoms with Crippen molar-refractivity contribution >= 4 is 23.2 Å². The van der Waals surface area contributed by atoms with Crippen LogP contribution in [0.2, 0.25) is 10.3 Å². The summed E-state index contributed by atoms with van der Waals surface area (Å²) in [6, 6.07) is 0. The minimum Gasteiger partial charge on any atom is -0.239 e. The van der Waals surface area contributed by atoms with E-state index in [9.17, 15) is 0 Å². The molecule has 0 N–H and O–H groups in total. The van der Waals surface area contributed by atoms with Gasteiger partial charge in [0.1, 0.15) is 5.15 Å². The summed E-state index contributed by atoms with van der Waals surface area (Å²) in [5.74, 6) is 0.280. The third kappa shape index (κ3) is 2.07. The second-order valence-electron chi connectivity index (χ2n) is 3.33. The zero-order chi connectivity index (χ0) is 9.97. The Balaban J connectivity index is 2.34. The van der Waals surface area contributed by atoms with Crippen LogP contribution in [0.5, 0.6) is 0 Å². The third-order valence-corrected chi connectivity index (χ3v) is 2.80. The number of hydrogen-bond donors (Lipinski definition) is 0. The fourth-order valence-corrected chi connectivity index (χ4v) is 2.01. The van der Waals surface area contributed by atoms with Crippen molar-refractivity contribution < 1.29 is 0 Å². The van der Waals surface area contributed by atoms with Crippen LogP contribution in [0.15, 0.2) is 18.3 Å². The lowest BCUT2D eigenvalue weighted by Crippen LogP contribution is -2.04. The maximum atomic E-state index is 5.96. The highest BCUT2D eigenvalue weighted by Crippen LogP contribution is 2.30. The van der Waals surface area contributed by atoms with E-state index in [0.29, 0.717) is 10.3 Å². The average Bonchev–Trinajstić information content (AvgIpc) is 2.23. The van der Waals surface area contributed by atoms with Crippen LogP contribution >= 0.6 is 23.2 Å². The lowest BCUT2D eigenvalue weighted by molar-refractivity contribution is 0.639. The Kier molecular flexibility index (Phi) is 3.04. The summed E-state index contributed by atoms with van der Waals surface area (Å²) in [4.78, 5) is 8.21. The fourth-order valence-electron chi connectivity index (χ4n) is 1.64. The van der Waals surface area contributed by atoms with Crippen LogP contribution in [0, 0.1) is 0 Å². The van der Waals surface area contributed by atoms with Crippen LogP contribution in [0.4, 0.5) is 0 Å². The zero-order valence-corrected chi connectivity index (χ0v) is 9.09. The van der Waals surface area contributed by atoms with Crippen molar-refractivity contribution in [3.63, 3.8) is 0 Å². The number of aromatic nitrogens is 2. The maximum absolute atomic E-state index is 5.96. The van der Waals surface area contributed by atoms with Crippen LogP contribution in [0.25, 0.3) is 0 Å². The first-order valence-electron chi connectivity index (χ1n) is 4.62. The normalized spacial score (nSPS) is 21.1. The summed E-state index contributed by atoms with van der Waals surface area (Å²) >= 11 is 11.7.